The van der Waals surface area contributed by atoms with E-state index in [9.17, 15) is 29.4 Å². The van der Waals surface area contributed by atoms with E-state index in [1.54, 1.807) is 6.92 Å². The van der Waals surface area contributed by atoms with Crippen molar-refractivity contribution >= 4 is 25.3 Å². The molecule has 1 aliphatic rings. The normalized spacial score (nSPS) is 22.3. The number of benzene rings is 1. The average molecular weight is 556 g/mol. The van der Waals surface area contributed by atoms with Gasteiger partial charge in [0.05, 0.1) is 24.7 Å². The molecule has 2 heterocycles. The number of nitro groups is 1. The van der Waals surface area contributed by atoms with Crippen LogP contribution in [0.4, 0.5) is 5.69 Å². The minimum absolute atomic E-state index is 0.0222. The standard InChI is InChI=1S/C21H29N6O10P/c1-4-12(2)17(21(30)34-3)25-38(33,37-14-7-5-13(6-8-14)27(31)32)35-10-15-9-16(28)20(36-15)26-11-23-19(24-26)18(22)29/h5-8,11-12,15-17,20,28H,4,9-10H2,1-3H3,(H2,22,29)(H,25,33)/t12-,15-,16+,17-,20+,38?/m0/s1. The fourth-order valence-corrected chi connectivity index (χ4v) is 5.21. The molecular weight excluding hydrogens is 527 g/mol. The second-order valence-electron chi connectivity index (χ2n) is 8.52. The number of amides is 1. The Morgan fingerprint density at radius 3 is 2.63 bits per heavy atom. The summed E-state index contributed by atoms with van der Waals surface area (Å²) in [4.78, 5) is 37.8. The number of hydrogen-bond donors (Lipinski definition) is 3. The summed E-state index contributed by atoms with van der Waals surface area (Å²) in [7, 11) is -3.14. The maximum absolute atomic E-state index is 13.8. The molecule has 1 fully saturated rings. The number of primary amides is 1. The first-order valence-corrected chi connectivity index (χ1v) is 13.1. The van der Waals surface area contributed by atoms with Crippen molar-refractivity contribution in [3.8, 4) is 5.75 Å². The second-order valence-corrected chi connectivity index (χ2v) is 10.2. The summed E-state index contributed by atoms with van der Waals surface area (Å²) in [5, 5.41) is 27.9. The summed E-state index contributed by atoms with van der Waals surface area (Å²) in [5.74, 6) is -2.16. The van der Waals surface area contributed by atoms with Gasteiger partial charge >= 0.3 is 13.7 Å². The monoisotopic (exact) mass is 556 g/mol. The van der Waals surface area contributed by atoms with E-state index >= 15 is 0 Å². The Labute approximate surface area is 217 Å². The largest absolute Gasteiger partial charge is 0.468 e. The Morgan fingerprint density at radius 1 is 1.39 bits per heavy atom. The number of nitro benzene ring substituents is 1. The first kappa shape index (κ1) is 29.1. The van der Waals surface area contributed by atoms with E-state index < -0.39 is 49.0 Å². The first-order valence-electron chi connectivity index (χ1n) is 11.5. The molecule has 1 unspecified atom stereocenters. The van der Waals surface area contributed by atoms with Crippen LogP contribution in [0.15, 0.2) is 30.6 Å². The predicted octanol–water partition coefficient (Wildman–Crippen LogP) is 1.31. The summed E-state index contributed by atoms with van der Waals surface area (Å²) in [6.07, 6.45) is -1.15. The molecule has 1 amide bonds. The van der Waals surface area contributed by atoms with Crippen LogP contribution in [0.2, 0.25) is 0 Å². The smallest absolute Gasteiger partial charge is 0.459 e. The molecule has 1 aromatic carbocycles. The number of methoxy groups -OCH3 is 1. The molecule has 1 saturated heterocycles. The van der Waals surface area contributed by atoms with Crippen LogP contribution in [0.3, 0.4) is 0 Å². The summed E-state index contributed by atoms with van der Waals surface area (Å²) < 4.78 is 36.7. The zero-order valence-electron chi connectivity index (χ0n) is 20.8. The number of rotatable bonds is 13. The van der Waals surface area contributed by atoms with Gasteiger partial charge in [0, 0.05) is 18.6 Å². The summed E-state index contributed by atoms with van der Waals surface area (Å²) in [6.45, 7) is 3.22. The summed E-state index contributed by atoms with van der Waals surface area (Å²) in [5.41, 5.74) is 4.94. The molecule has 0 spiro atoms. The molecule has 6 atom stereocenters. The van der Waals surface area contributed by atoms with E-state index in [0.29, 0.717) is 6.42 Å². The van der Waals surface area contributed by atoms with E-state index in [-0.39, 0.29) is 36.2 Å². The van der Waals surface area contributed by atoms with Gasteiger partial charge in [-0.05, 0) is 18.1 Å². The van der Waals surface area contributed by atoms with Crippen molar-refractivity contribution in [2.24, 2.45) is 11.7 Å². The Balaban J connectivity index is 1.78. The van der Waals surface area contributed by atoms with Crippen LogP contribution in [0.1, 0.15) is 43.5 Å². The third kappa shape index (κ3) is 7.11. The van der Waals surface area contributed by atoms with Crippen LogP contribution in [0.25, 0.3) is 0 Å². The number of esters is 1. The van der Waals surface area contributed by atoms with E-state index in [1.807, 2.05) is 6.92 Å². The maximum Gasteiger partial charge on any atom is 0.459 e. The third-order valence-electron chi connectivity index (χ3n) is 5.82. The van der Waals surface area contributed by atoms with Crippen molar-refractivity contribution in [2.45, 2.75) is 51.2 Å². The van der Waals surface area contributed by atoms with Gasteiger partial charge in [0.15, 0.2) is 6.23 Å². The molecule has 1 aromatic heterocycles. The first-order chi connectivity index (χ1) is 18.0. The van der Waals surface area contributed by atoms with Gasteiger partial charge in [-0.2, -0.15) is 5.09 Å². The van der Waals surface area contributed by atoms with E-state index in [2.05, 4.69) is 15.2 Å². The van der Waals surface area contributed by atoms with Crippen LogP contribution < -0.4 is 15.3 Å². The van der Waals surface area contributed by atoms with Gasteiger partial charge in [0.2, 0.25) is 5.82 Å². The highest BCUT2D eigenvalue weighted by molar-refractivity contribution is 7.52. The van der Waals surface area contributed by atoms with Crippen LogP contribution in [-0.4, -0.2) is 68.6 Å². The minimum Gasteiger partial charge on any atom is -0.468 e. The number of nitrogens with two attached hydrogens (primary N) is 1. The molecular formula is C21H29N6O10P. The fraction of sp³-hybridized carbons (Fsp3) is 0.524. The lowest BCUT2D eigenvalue weighted by Gasteiger charge is -2.27. The second kappa shape index (κ2) is 12.4. The van der Waals surface area contributed by atoms with E-state index in [1.165, 1.54) is 25.6 Å². The van der Waals surface area contributed by atoms with Crippen molar-refractivity contribution in [1.29, 1.82) is 0 Å². The lowest BCUT2D eigenvalue weighted by atomic mass is 10.0. The van der Waals surface area contributed by atoms with Gasteiger partial charge in [-0.1, -0.05) is 20.3 Å². The molecule has 0 radical (unpaired) electrons. The van der Waals surface area contributed by atoms with Crippen LogP contribution in [0, 0.1) is 16.0 Å². The molecule has 38 heavy (non-hydrogen) atoms. The molecule has 3 rings (SSSR count). The maximum atomic E-state index is 13.8. The van der Waals surface area contributed by atoms with Crippen LogP contribution in [-0.2, 0) is 23.4 Å². The molecule has 16 nitrogen and oxygen atoms in total. The number of aliphatic hydroxyl groups excluding tert-OH is 1. The molecule has 2 aromatic rings. The number of carbonyl (C=O) groups is 2. The fourth-order valence-electron chi connectivity index (χ4n) is 3.57. The summed E-state index contributed by atoms with van der Waals surface area (Å²) in [6, 6.07) is 3.72. The van der Waals surface area contributed by atoms with Gasteiger partial charge < -0.3 is 24.8 Å². The molecule has 1 aliphatic heterocycles. The van der Waals surface area contributed by atoms with Crippen molar-refractivity contribution < 1.29 is 42.7 Å². The number of ether oxygens (including phenoxy) is 2. The molecule has 0 saturated carbocycles. The van der Waals surface area contributed by atoms with Crippen molar-refractivity contribution in [2.75, 3.05) is 13.7 Å². The molecule has 208 valence electrons. The van der Waals surface area contributed by atoms with Crippen molar-refractivity contribution in [3.05, 3.63) is 46.5 Å². The summed E-state index contributed by atoms with van der Waals surface area (Å²) >= 11 is 0. The van der Waals surface area contributed by atoms with Gasteiger partial charge in [-0.15, -0.1) is 5.10 Å². The van der Waals surface area contributed by atoms with Gasteiger partial charge in [-0.25, -0.2) is 14.2 Å². The number of hydrogen-bond acceptors (Lipinski definition) is 12. The van der Waals surface area contributed by atoms with Gasteiger partial charge in [-0.3, -0.25) is 24.2 Å². The van der Waals surface area contributed by atoms with E-state index in [0.717, 1.165) is 16.8 Å². The Morgan fingerprint density at radius 2 is 2.08 bits per heavy atom. The number of aliphatic hydroxyl groups is 1. The predicted molar refractivity (Wildman–Crippen MR) is 129 cm³/mol. The molecule has 17 heteroatoms. The van der Waals surface area contributed by atoms with Crippen LogP contribution >= 0.6 is 7.75 Å². The van der Waals surface area contributed by atoms with Gasteiger partial charge in [0.1, 0.15) is 24.2 Å². The number of non-ortho nitro benzene ring substituents is 1. The van der Waals surface area contributed by atoms with Crippen LogP contribution in [0.5, 0.6) is 5.75 Å². The SMILES string of the molecule is CC[C@H](C)[C@H](NP(=O)(OC[C@@H]1C[C@@H](O)[C@H](n2cnc(C(N)=O)n2)O1)Oc1ccc([N+](=O)[O-])cc1)C(=O)OC. The van der Waals surface area contributed by atoms with Gasteiger partial charge in [0.25, 0.3) is 11.6 Å². The van der Waals surface area contributed by atoms with E-state index in [4.69, 9.17) is 24.3 Å². The zero-order valence-corrected chi connectivity index (χ0v) is 21.7. The number of aromatic nitrogens is 3. The Kier molecular flexibility index (Phi) is 9.51. The lowest BCUT2D eigenvalue weighted by molar-refractivity contribution is -0.384. The third-order valence-corrected chi connectivity index (χ3v) is 7.36. The van der Waals surface area contributed by atoms with Crippen molar-refractivity contribution in [3.63, 3.8) is 0 Å². The Hall–Kier alpha value is -3.43. The highest BCUT2D eigenvalue weighted by Gasteiger charge is 2.41. The zero-order chi connectivity index (χ0) is 28.0. The number of nitrogens with one attached hydrogen (secondary N) is 1. The average Bonchev–Trinajstić information content (AvgIpc) is 3.52. The Bertz CT molecular complexity index is 1190. The van der Waals surface area contributed by atoms with Crippen molar-refractivity contribution in [1.82, 2.24) is 19.9 Å². The molecule has 4 N–H and O–H groups in total. The highest BCUT2D eigenvalue weighted by atomic mass is 31.2. The molecule has 0 aliphatic carbocycles. The highest BCUT2D eigenvalue weighted by Crippen LogP contribution is 2.47. The number of nitrogens with zero attached hydrogens (tertiary/aromatic N) is 4. The lowest BCUT2D eigenvalue weighted by Crippen LogP contribution is -2.42. The quantitative estimate of drug-likeness (QED) is 0.137. The minimum atomic E-state index is -4.32. The number of carbonyl (C=O) groups excluding carboxylic acids is 2. The molecule has 0 bridgehead atoms. The topological polar surface area (TPSA) is 220 Å².